The molecule has 0 aromatic rings. The lowest BCUT2D eigenvalue weighted by Crippen LogP contribution is -2.16. The van der Waals surface area contributed by atoms with Gasteiger partial charge in [-0.1, -0.05) is 33.6 Å². The Kier molecular flexibility index (Phi) is 4.69. The zero-order valence-corrected chi connectivity index (χ0v) is 10.8. The topological polar surface area (TPSA) is 34.1 Å². The van der Waals surface area contributed by atoms with E-state index in [9.17, 15) is 9.59 Å². The van der Waals surface area contributed by atoms with Crippen LogP contribution in [0.3, 0.4) is 0 Å². The first-order valence-electron chi connectivity index (χ1n) is 6.43. The van der Waals surface area contributed by atoms with Crippen LogP contribution >= 0.6 is 0 Å². The summed E-state index contributed by atoms with van der Waals surface area (Å²) in [6.07, 6.45) is 5.98. The fourth-order valence-electron chi connectivity index (χ4n) is 2.39. The van der Waals surface area contributed by atoms with E-state index < -0.39 is 0 Å². The van der Waals surface area contributed by atoms with E-state index in [4.69, 9.17) is 0 Å². The van der Waals surface area contributed by atoms with Crippen molar-refractivity contribution >= 4 is 11.6 Å². The van der Waals surface area contributed by atoms with Crippen molar-refractivity contribution in [1.29, 1.82) is 0 Å². The van der Waals surface area contributed by atoms with E-state index in [2.05, 4.69) is 20.8 Å². The first kappa shape index (κ1) is 13.4. The molecule has 92 valence electrons. The molecule has 0 unspecified atom stereocenters. The molecule has 0 saturated heterocycles. The quantitative estimate of drug-likeness (QED) is 0.716. The molecule has 0 amide bonds. The molecule has 0 heterocycles. The van der Waals surface area contributed by atoms with Gasteiger partial charge >= 0.3 is 0 Å². The van der Waals surface area contributed by atoms with Gasteiger partial charge in [0, 0.05) is 25.2 Å². The standard InChI is InChI=1S/C14H24O2/c1-14(2,3)10-12(15)8-9-13(16)11-6-4-5-7-11/h11H,4-10H2,1-3H3. The van der Waals surface area contributed by atoms with Gasteiger partial charge in [-0.05, 0) is 18.3 Å². The Morgan fingerprint density at radius 1 is 1.06 bits per heavy atom. The van der Waals surface area contributed by atoms with Gasteiger partial charge in [0.25, 0.3) is 0 Å². The molecule has 0 radical (unpaired) electrons. The molecule has 1 aliphatic rings. The number of ketones is 2. The molecule has 0 N–H and O–H groups in total. The van der Waals surface area contributed by atoms with Crippen LogP contribution in [0.2, 0.25) is 0 Å². The van der Waals surface area contributed by atoms with Crippen molar-refractivity contribution in [2.45, 2.75) is 65.7 Å². The van der Waals surface area contributed by atoms with E-state index in [-0.39, 0.29) is 17.1 Å². The van der Waals surface area contributed by atoms with Crippen molar-refractivity contribution in [3.05, 3.63) is 0 Å². The van der Waals surface area contributed by atoms with Crippen LogP contribution in [-0.4, -0.2) is 11.6 Å². The average molecular weight is 224 g/mol. The normalized spacial score (nSPS) is 17.7. The molecule has 2 heteroatoms. The van der Waals surface area contributed by atoms with E-state index in [1.807, 2.05) is 0 Å². The van der Waals surface area contributed by atoms with Crippen molar-refractivity contribution in [3.63, 3.8) is 0 Å². The van der Waals surface area contributed by atoms with Gasteiger partial charge in [-0.15, -0.1) is 0 Å². The minimum Gasteiger partial charge on any atom is -0.300 e. The van der Waals surface area contributed by atoms with Gasteiger partial charge in [-0.3, -0.25) is 9.59 Å². The third-order valence-electron chi connectivity index (χ3n) is 3.19. The van der Waals surface area contributed by atoms with E-state index >= 15 is 0 Å². The number of hydrogen-bond acceptors (Lipinski definition) is 2. The van der Waals surface area contributed by atoms with Crippen LogP contribution < -0.4 is 0 Å². The van der Waals surface area contributed by atoms with Crippen LogP contribution in [0, 0.1) is 11.3 Å². The smallest absolute Gasteiger partial charge is 0.136 e. The highest BCUT2D eigenvalue weighted by Crippen LogP contribution is 2.27. The van der Waals surface area contributed by atoms with Crippen LogP contribution in [0.5, 0.6) is 0 Å². The molecule has 1 aliphatic carbocycles. The zero-order valence-electron chi connectivity index (χ0n) is 10.8. The molecule has 0 atom stereocenters. The lowest BCUT2D eigenvalue weighted by molar-refractivity contribution is -0.127. The molecule has 2 nitrogen and oxygen atoms in total. The Hall–Kier alpha value is -0.660. The summed E-state index contributed by atoms with van der Waals surface area (Å²) in [4.78, 5) is 23.4. The van der Waals surface area contributed by atoms with Crippen LogP contribution in [0.15, 0.2) is 0 Å². The van der Waals surface area contributed by atoms with Crippen molar-refractivity contribution < 1.29 is 9.59 Å². The largest absolute Gasteiger partial charge is 0.300 e. The molecule has 1 rings (SSSR count). The van der Waals surface area contributed by atoms with Crippen LogP contribution in [0.4, 0.5) is 0 Å². The van der Waals surface area contributed by atoms with Crippen molar-refractivity contribution in [3.8, 4) is 0 Å². The van der Waals surface area contributed by atoms with E-state index in [0.717, 1.165) is 12.8 Å². The minimum absolute atomic E-state index is 0.0491. The van der Waals surface area contributed by atoms with E-state index in [1.54, 1.807) is 0 Å². The highest BCUT2D eigenvalue weighted by Gasteiger charge is 2.23. The maximum Gasteiger partial charge on any atom is 0.136 e. The van der Waals surface area contributed by atoms with Gasteiger partial charge in [0.2, 0.25) is 0 Å². The van der Waals surface area contributed by atoms with Gasteiger partial charge in [-0.25, -0.2) is 0 Å². The molecule has 0 aromatic carbocycles. The van der Waals surface area contributed by atoms with Gasteiger partial charge in [-0.2, -0.15) is 0 Å². The van der Waals surface area contributed by atoms with E-state index in [0.29, 0.717) is 25.0 Å². The van der Waals surface area contributed by atoms with Crippen LogP contribution in [0.1, 0.15) is 65.7 Å². The number of hydrogen-bond donors (Lipinski definition) is 0. The van der Waals surface area contributed by atoms with Crippen molar-refractivity contribution in [1.82, 2.24) is 0 Å². The summed E-state index contributed by atoms with van der Waals surface area (Å²) in [6.45, 7) is 6.18. The summed E-state index contributed by atoms with van der Waals surface area (Å²) >= 11 is 0. The molecule has 1 fully saturated rings. The fourth-order valence-corrected chi connectivity index (χ4v) is 2.39. The lowest BCUT2D eigenvalue weighted by Gasteiger charge is -2.16. The first-order chi connectivity index (χ1) is 7.38. The first-order valence-corrected chi connectivity index (χ1v) is 6.43. The molecular formula is C14H24O2. The molecule has 0 bridgehead atoms. The number of carbonyl (C=O) groups excluding carboxylic acids is 2. The maximum absolute atomic E-state index is 11.8. The van der Waals surface area contributed by atoms with Crippen molar-refractivity contribution in [2.24, 2.45) is 11.3 Å². The SMILES string of the molecule is CC(C)(C)CC(=O)CCC(=O)C1CCCC1. The second-order valence-electron chi connectivity index (χ2n) is 6.22. The maximum atomic E-state index is 11.8. The summed E-state index contributed by atoms with van der Waals surface area (Å²) in [5, 5.41) is 0. The van der Waals surface area contributed by atoms with E-state index in [1.165, 1.54) is 12.8 Å². The van der Waals surface area contributed by atoms with Gasteiger partial charge in [0.1, 0.15) is 11.6 Å². The number of carbonyl (C=O) groups is 2. The third kappa shape index (κ3) is 4.91. The zero-order chi connectivity index (χ0) is 12.2. The molecular weight excluding hydrogens is 200 g/mol. The summed E-state index contributed by atoms with van der Waals surface area (Å²) in [5.74, 6) is 0.820. The van der Waals surface area contributed by atoms with Crippen LogP contribution in [-0.2, 0) is 9.59 Å². The predicted octanol–water partition coefficient (Wildman–Crippen LogP) is 3.53. The number of Topliss-reactive ketones (excluding diaryl/α,β-unsaturated/α-hetero) is 2. The third-order valence-corrected chi connectivity index (χ3v) is 3.19. The molecule has 0 spiro atoms. The summed E-state index contributed by atoms with van der Waals surface area (Å²) in [6, 6.07) is 0. The molecule has 0 aromatic heterocycles. The lowest BCUT2D eigenvalue weighted by atomic mass is 9.88. The predicted molar refractivity (Wildman–Crippen MR) is 65.3 cm³/mol. The second kappa shape index (κ2) is 5.60. The monoisotopic (exact) mass is 224 g/mol. The Morgan fingerprint density at radius 3 is 2.12 bits per heavy atom. The molecule has 0 aliphatic heterocycles. The van der Waals surface area contributed by atoms with Gasteiger partial charge in [0.15, 0.2) is 0 Å². The summed E-state index contributed by atoms with van der Waals surface area (Å²) in [5.41, 5.74) is 0.0491. The Balaban J connectivity index is 2.23. The highest BCUT2D eigenvalue weighted by atomic mass is 16.1. The summed E-state index contributed by atoms with van der Waals surface area (Å²) in [7, 11) is 0. The Bertz CT molecular complexity index is 254. The Morgan fingerprint density at radius 2 is 1.62 bits per heavy atom. The van der Waals surface area contributed by atoms with Crippen LogP contribution in [0.25, 0.3) is 0 Å². The fraction of sp³-hybridized carbons (Fsp3) is 0.857. The summed E-state index contributed by atoms with van der Waals surface area (Å²) < 4.78 is 0. The average Bonchev–Trinajstić information content (AvgIpc) is 2.64. The molecule has 1 saturated carbocycles. The van der Waals surface area contributed by atoms with Gasteiger partial charge in [0.05, 0.1) is 0 Å². The molecule has 16 heavy (non-hydrogen) atoms. The second-order valence-corrected chi connectivity index (χ2v) is 6.22. The van der Waals surface area contributed by atoms with Crippen molar-refractivity contribution in [2.75, 3.05) is 0 Å². The number of rotatable bonds is 5. The van der Waals surface area contributed by atoms with Gasteiger partial charge < -0.3 is 0 Å². The minimum atomic E-state index is 0.0491. The Labute approximate surface area is 98.8 Å². The highest BCUT2D eigenvalue weighted by molar-refractivity contribution is 5.87.